The number of benzene rings is 2. The summed E-state index contributed by atoms with van der Waals surface area (Å²) in [4.78, 5) is 72.8. The molecule has 342 valence electrons. The van der Waals surface area contributed by atoms with Crippen LogP contribution in [0.4, 0.5) is 31.8 Å². The molecule has 0 spiro atoms. The number of amides is 3. The number of hydrogen-bond donors (Lipinski definition) is 5. The minimum Gasteiger partial charge on any atom is -0.389 e. The van der Waals surface area contributed by atoms with E-state index in [9.17, 15) is 32.7 Å². The summed E-state index contributed by atoms with van der Waals surface area (Å²) in [6.45, 7) is 4.35. The quantitative estimate of drug-likeness (QED) is 0.0830. The summed E-state index contributed by atoms with van der Waals surface area (Å²) in [7, 11) is -2.88. The Balaban J connectivity index is 0.851. The van der Waals surface area contributed by atoms with E-state index in [1.54, 1.807) is 36.4 Å². The number of nitrogens with one attached hydrogen (secondary N) is 4. The van der Waals surface area contributed by atoms with Crippen LogP contribution in [0.15, 0.2) is 61.2 Å². The molecule has 3 amide bonds. The van der Waals surface area contributed by atoms with E-state index in [0.29, 0.717) is 86.3 Å². The van der Waals surface area contributed by atoms with Gasteiger partial charge in [0.25, 0.3) is 0 Å². The Morgan fingerprint density at radius 2 is 1.68 bits per heavy atom. The average Bonchev–Trinajstić information content (AvgIpc) is 3.72. The number of halogens is 3. The number of carbonyl (C=O) groups excluding carboxylic acids is 4. The predicted octanol–water partition coefficient (Wildman–Crippen LogP) is 4.08. The number of imide groups is 1. The van der Waals surface area contributed by atoms with Crippen LogP contribution in [0.1, 0.15) is 54.9 Å². The summed E-state index contributed by atoms with van der Waals surface area (Å²) in [6, 6.07) is 8.21. The lowest BCUT2D eigenvalue weighted by atomic mass is 9.87. The van der Waals surface area contributed by atoms with Crippen molar-refractivity contribution >= 4 is 79.4 Å². The van der Waals surface area contributed by atoms with Crippen LogP contribution in [0.25, 0.3) is 22.2 Å². The van der Waals surface area contributed by atoms with E-state index >= 15 is 8.78 Å². The number of carbonyl (C=O) groups is 4. The van der Waals surface area contributed by atoms with E-state index in [4.69, 9.17) is 11.6 Å². The standard InChI is InChI=1S/C43H46ClF2N11O7S/c1-3-54(2)65(63,64)53-32-6-5-31(45)37(38(32)46)39(60)29-24-48-40-28(29)18-25(21-47-40)26-22-49-42(50-23-26)57-16-14-56(15-17-57)36(59)20-43(62)10-12-55(13-11-43)34-8-4-27(19-30(34)44)51-33-7-9-35(58)52-41(33)61/h4-6,8,18-19,21-24,33,51,53,62H,3,7,9-17,20H2,1-2H3,(H,47,48)(H,52,58,61). The Hall–Kier alpha value is -6.29. The lowest BCUT2D eigenvalue weighted by molar-refractivity contribution is -0.138. The molecule has 0 bridgehead atoms. The summed E-state index contributed by atoms with van der Waals surface area (Å²) < 4.78 is 58.7. The van der Waals surface area contributed by atoms with Crippen molar-refractivity contribution < 1.29 is 41.5 Å². The van der Waals surface area contributed by atoms with Gasteiger partial charge in [0.15, 0.2) is 5.82 Å². The van der Waals surface area contributed by atoms with Gasteiger partial charge in [-0.1, -0.05) is 18.5 Å². The van der Waals surface area contributed by atoms with Crippen molar-refractivity contribution in [2.24, 2.45) is 0 Å². The third kappa shape index (κ3) is 9.58. The van der Waals surface area contributed by atoms with Gasteiger partial charge in [0, 0.05) is 112 Å². The molecule has 2 aromatic carbocycles. The fourth-order valence-electron chi connectivity index (χ4n) is 8.12. The first-order valence-corrected chi connectivity index (χ1v) is 22.8. The first-order chi connectivity index (χ1) is 31.0. The van der Waals surface area contributed by atoms with Crippen LogP contribution in [0.5, 0.6) is 0 Å². The number of piperidine rings is 2. The number of pyridine rings is 1. The first kappa shape index (κ1) is 45.3. The third-order valence-corrected chi connectivity index (χ3v) is 14.0. The number of aromatic nitrogens is 4. The third-order valence-electron chi connectivity index (χ3n) is 12.1. The number of hydrogen-bond acceptors (Lipinski definition) is 13. The second kappa shape index (κ2) is 18.3. The maximum absolute atomic E-state index is 15.6. The highest BCUT2D eigenvalue weighted by Gasteiger charge is 2.37. The molecule has 3 fully saturated rings. The molecule has 5 N–H and O–H groups in total. The zero-order chi connectivity index (χ0) is 46.2. The molecule has 3 aliphatic rings. The lowest BCUT2D eigenvalue weighted by Gasteiger charge is -2.41. The van der Waals surface area contributed by atoms with Crippen LogP contribution < -0.4 is 25.2 Å². The largest absolute Gasteiger partial charge is 0.389 e. The molecule has 3 saturated heterocycles. The highest BCUT2D eigenvalue weighted by atomic mass is 35.5. The Labute approximate surface area is 377 Å². The van der Waals surface area contributed by atoms with Crippen molar-refractivity contribution in [3.63, 3.8) is 0 Å². The van der Waals surface area contributed by atoms with E-state index in [-0.39, 0.29) is 53.7 Å². The normalized spacial score (nSPS) is 18.0. The number of H-pyrrole nitrogens is 1. The Morgan fingerprint density at radius 1 is 0.969 bits per heavy atom. The smallest absolute Gasteiger partial charge is 0.301 e. The molecule has 6 heterocycles. The maximum atomic E-state index is 15.6. The van der Waals surface area contributed by atoms with Crippen molar-refractivity contribution in [1.29, 1.82) is 0 Å². The number of ketones is 1. The number of rotatable bonds is 13. The maximum Gasteiger partial charge on any atom is 0.301 e. The van der Waals surface area contributed by atoms with Gasteiger partial charge in [0.05, 0.1) is 34.0 Å². The highest BCUT2D eigenvalue weighted by molar-refractivity contribution is 7.90. The van der Waals surface area contributed by atoms with E-state index in [0.717, 1.165) is 22.1 Å². The van der Waals surface area contributed by atoms with Gasteiger partial charge < -0.3 is 30.1 Å². The molecular weight excluding hydrogens is 888 g/mol. The van der Waals surface area contributed by atoms with Crippen LogP contribution in [-0.2, 0) is 24.6 Å². The van der Waals surface area contributed by atoms with Crippen molar-refractivity contribution in [1.82, 2.24) is 34.5 Å². The minimum atomic E-state index is -4.17. The second-order valence-corrected chi connectivity index (χ2v) is 18.5. The lowest BCUT2D eigenvalue weighted by Crippen LogP contribution is -2.52. The molecule has 65 heavy (non-hydrogen) atoms. The Kier molecular flexibility index (Phi) is 12.7. The molecule has 18 nitrogen and oxygen atoms in total. The Bertz CT molecular complexity index is 2780. The van der Waals surface area contributed by atoms with Gasteiger partial charge in [-0.05, 0) is 55.7 Å². The number of anilines is 4. The van der Waals surface area contributed by atoms with Crippen molar-refractivity contribution in [2.75, 3.05) is 72.7 Å². The molecule has 3 aromatic heterocycles. The van der Waals surface area contributed by atoms with Crippen molar-refractivity contribution in [3.8, 4) is 11.1 Å². The van der Waals surface area contributed by atoms with Crippen LogP contribution >= 0.6 is 11.6 Å². The van der Waals surface area contributed by atoms with E-state index < -0.39 is 50.5 Å². The fraction of sp³-hybridized carbons (Fsp3) is 0.372. The monoisotopic (exact) mass is 933 g/mol. The van der Waals surface area contributed by atoms with Crippen LogP contribution in [0.3, 0.4) is 0 Å². The van der Waals surface area contributed by atoms with E-state index in [2.05, 4.69) is 40.2 Å². The van der Waals surface area contributed by atoms with E-state index in [1.165, 1.54) is 19.4 Å². The van der Waals surface area contributed by atoms with Crippen LogP contribution in [0.2, 0.25) is 5.02 Å². The predicted molar refractivity (Wildman–Crippen MR) is 239 cm³/mol. The zero-order valence-corrected chi connectivity index (χ0v) is 37.0. The molecule has 5 aromatic rings. The molecular formula is C43H46ClF2N11O7S. The molecule has 22 heteroatoms. The zero-order valence-electron chi connectivity index (χ0n) is 35.4. The fourth-order valence-corrected chi connectivity index (χ4v) is 9.35. The molecule has 1 unspecified atom stereocenters. The molecule has 8 rings (SSSR count). The minimum absolute atomic E-state index is 0.0178. The van der Waals surface area contributed by atoms with Crippen molar-refractivity contribution in [2.45, 2.75) is 50.7 Å². The number of nitrogens with zero attached hydrogens (tertiary/aromatic N) is 7. The SMILES string of the molecule is CCN(C)S(=O)(=O)Nc1ccc(F)c(C(=O)c2c[nH]c3ncc(-c4cnc(N5CCN(C(=O)CC6(O)CCN(c7ccc(NC8CCC(=O)NC8=O)cc7Cl)CC6)CC5)nc4)cc23)c1F. The summed E-state index contributed by atoms with van der Waals surface area (Å²) >= 11 is 6.65. The Morgan fingerprint density at radius 3 is 2.35 bits per heavy atom. The molecule has 0 saturated carbocycles. The van der Waals surface area contributed by atoms with Gasteiger partial charge in [-0.3, -0.25) is 29.2 Å². The molecule has 0 aliphatic carbocycles. The van der Waals surface area contributed by atoms with E-state index in [1.807, 2.05) is 17.0 Å². The van der Waals surface area contributed by atoms with Crippen molar-refractivity contribution in [3.05, 3.63) is 89.0 Å². The van der Waals surface area contributed by atoms with Crippen LogP contribution in [-0.4, -0.2) is 131 Å². The van der Waals surface area contributed by atoms with Gasteiger partial charge in [0.2, 0.25) is 29.5 Å². The summed E-state index contributed by atoms with van der Waals surface area (Å²) in [5, 5.41) is 17.7. The number of piperazine rings is 1. The van der Waals surface area contributed by atoms with Gasteiger partial charge in [-0.15, -0.1) is 0 Å². The summed E-state index contributed by atoms with van der Waals surface area (Å²) in [6.07, 6.45) is 7.34. The summed E-state index contributed by atoms with van der Waals surface area (Å²) in [5.74, 6) is -3.93. The first-order valence-electron chi connectivity index (χ1n) is 21.0. The average molecular weight is 934 g/mol. The summed E-state index contributed by atoms with van der Waals surface area (Å²) in [5.41, 5.74) is -0.0145. The second-order valence-electron chi connectivity index (χ2n) is 16.3. The molecule has 0 radical (unpaired) electrons. The van der Waals surface area contributed by atoms with Gasteiger partial charge in [0.1, 0.15) is 17.5 Å². The molecule has 1 atom stereocenters. The molecule has 3 aliphatic heterocycles. The van der Waals surface area contributed by atoms with Crippen LogP contribution in [0, 0.1) is 11.6 Å². The van der Waals surface area contributed by atoms with Gasteiger partial charge in [-0.2, -0.15) is 12.7 Å². The van der Waals surface area contributed by atoms with Gasteiger partial charge >= 0.3 is 10.2 Å². The number of aliphatic hydroxyl groups is 1. The number of fused-ring (bicyclic) bond motifs is 1. The topological polar surface area (TPSA) is 226 Å². The highest BCUT2D eigenvalue weighted by Crippen LogP contribution is 2.35. The van der Waals surface area contributed by atoms with Gasteiger partial charge in [-0.25, -0.2) is 23.7 Å². The number of aromatic amines is 1.